The first-order valence-corrected chi connectivity index (χ1v) is 5.74. The molecule has 0 aromatic heterocycles. The van der Waals surface area contributed by atoms with Gasteiger partial charge in [0.1, 0.15) is 0 Å². The van der Waals surface area contributed by atoms with Crippen molar-refractivity contribution in [2.75, 3.05) is 38.8 Å². The zero-order valence-corrected chi connectivity index (χ0v) is 10.2. The number of anilines is 1. The van der Waals surface area contributed by atoms with Crippen LogP contribution in [-0.4, -0.2) is 33.5 Å². The molecule has 17 heavy (non-hydrogen) atoms. The first-order valence-electron chi connectivity index (χ1n) is 5.74. The average Bonchev–Trinajstić information content (AvgIpc) is 2.38. The summed E-state index contributed by atoms with van der Waals surface area (Å²) in [6.45, 7) is 2.92. The molecule has 0 saturated carbocycles. The molecule has 0 radical (unpaired) electrons. The molecule has 92 valence electrons. The Morgan fingerprint density at radius 3 is 2.94 bits per heavy atom. The van der Waals surface area contributed by atoms with Gasteiger partial charge in [-0.2, -0.15) is 0 Å². The number of terminal acetylenes is 1. The van der Waals surface area contributed by atoms with Gasteiger partial charge in [0, 0.05) is 31.5 Å². The molecule has 0 aliphatic carbocycles. The molecule has 0 unspecified atom stereocenters. The first kappa shape index (κ1) is 13.6. The van der Waals surface area contributed by atoms with Gasteiger partial charge in [0.05, 0.1) is 13.2 Å². The lowest BCUT2D eigenvalue weighted by Gasteiger charge is -2.07. The number of nitrogens with one attached hydrogen (secondary N) is 1. The first-order chi connectivity index (χ1) is 8.36. The van der Waals surface area contributed by atoms with E-state index in [1.165, 1.54) is 0 Å². The van der Waals surface area contributed by atoms with Gasteiger partial charge in [0.25, 0.3) is 0 Å². The fourth-order valence-electron chi connectivity index (χ4n) is 1.37. The second-order valence-corrected chi connectivity index (χ2v) is 3.61. The zero-order chi connectivity index (χ0) is 12.3. The van der Waals surface area contributed by atoms with E-state index < -0.39 is 0 Å². The van der Waals surface area contributed by atoms with E-state index in [1.807, 2.05) is 24.3 Å². The molecule has 1 N–H and O–H groups in total. The summed E-state index contributed by atoms with van der Waals surface area (Å²) >= 11 is 0. The van der Waals surface area contributed by atoms with Crippen molar-refractivity contribution >= 4 is 5.69 Å². The highest BCUT2D eigenvalue weighted by Crippen LogP contribution is 2.09. The van der Waals surface area contributed by atoms with Crippen molar-refractivity contribution in [3.8, 4) is 12.3 Å². The fourth-order valence-corrected chi connectivity index (χ4v) is 1.37. The maximum absolute atomic E-state index is 5.36. The molecular formula is C14H19NO2. The van der Waals surface area contributed by atoms with Crippen LogP contribution < -0.4 is 5.32 Å². The highest BCUT2D eigenvalue weighted by molar-refractivity contribution is 5.49. The second-order valence-electron chi connectivity index (χ2n) is 3.61. The Labute approximate surface area is 103 Å². The lowest BCUT2D eigenvalue weighted by atomic mass is 10.2. The molecule has 1 aromatic rings. The summed E-state index contributed by atoms with van der Waals surface area (Å²) in [6, 6.07) is 7.84. The van der Waals surface area contributed by atoms with E-state index in [9.17, 15) is 0 Å². The van der Waals surface area contributed by atoms with E-state index >= 15 is 0 Å². The monoisotopic (exact) mass is 233 g/mol. The quantitative estimate of drug-likeness (QED) is 0.551. The SMILES string of the molecule is C#Cc1cccc(NCCCOCCOC)c1. The van der Waals surface area contributed by atoms with E-state index in [-0.39, 0.29) is 0 Å². The molecule has 1 aromatic carbocycles. The van der Waals surface area contributed by atoms with E-state index in [0.29, 0.717) is 13.2 Å². The summed E-state index contributed by atoms with van der Waals surface area (Å²) in [4.78, 5) is 0. The molecule has 0 spiro atoms. The van der Waals surface area contributed by atoms with Gasteiger partial charge in [-0.15, -0.1) is 6.42 Å². The van der Waals surface area contributed by atoms with Crippen molar-refractivity contribution in [1.29, 1.82) is 0 Å². The van der Waals surface area contributed by atoms with Gasteiger partial charge in [-0.05, 0) is 24.6 Å². The van der Waals surface area contributed by atoms with Crippen molar-refractivity contribution < 1.29 is 9.47 Å². The third kappa shape index (κ3) is 5.96. The maximum atomic E-state index is 5.36. The molecule has 3 heteroatoms. The Balaban J connectivity index is 2.12. The Kier molecular flexibility index (Phi) is 6.89. The highest BCUT2D eigenvalue weighted by atomic mass is 16.5. The lowest BCUT2D eigenvalue weighted by molar-refractivity contribution is 0.0705. The molecule has 0 aliphatic rings. The molecule has 0 amide bonds. The highest BCUT2D eigenvalue weighted by Gasteiger charge is 1.93. The normalized spacial score (nSPS) is 9.88. The minimum absolute atomic E-state index is 0.650. The molecule has 0 bridgehead atoms. The van der Waals surface area contributed by atoms with Crippen LogP contribution in [0.2, 0.25) is 0 Å². The van der Waals surface area contributed by atoms with Gasteiger partial charge in [-0.25, -0.2) is 0 Å². The number of methoxy groups -OCH3 is 1. The van der Waals surface area contributed by atoms with Crippen LogP contribution in [0, 0.1) is 12.3 Å². The van der Waals surface area contributed by atoms with E-state index in [2.05, 4.69) is 11.2 Å². The van der Waals surface area contributed by atoms with Gasteiger partial charge in [0.2, 0.25) is 0 Å². The Morgan fingerprint density at radius 2 is 2.18 bits per heavy atom. The van der Waals surface area contributed by atoms with Crippen LogP contribution in [0.1, 0.15) is 12.0 Å². The number of benzene rings is 1. The lowest BCUT2D eigenvalue weighted by Crippen LogP contribution is -2.08. The van der Waals surface area contributed by atoms with Crippen molar-refractivity contribution in [3.63, 3.8) is 0 Å². The van der Waals surface area contributed by atoms with Crippen LogP contribution in [0.4, 0.5) is 5.69 Å². The zero-order valence-electron chi connectivity index (χ0n) is 10.2. The van der Waals surface area contributed by atoms with E-state index in [4.69, 9.17) is 15.9 Å². The Morgan fingerprint density at radius 1 is 1.29 bits per heavy atom. The molecule has 1 rings (SSSR count). The van der Waals surface area contributed by atoms with Crippen LogP contribution in [0.5, 0.6) is 0 Å². The second kappa shape index (κ2) is 8.63. The molecule has 0 heterocycles. The number of hydrogen-bond donors (Lipinski definition) is 1. The van der Waals surface area contributed by atoms with E-state index in [0.717, 1.165) is 30.8 Å². The van der Waals surface area contributed by atoms with E-state index in [1.54, 1.807) is 7.11 Å². The molecule has 0 fully saturated rings. The fraction of sp³-hybridized carbons (Fsp3) is 0.429. The maximum Gasteiger partial charge on any atom is 0.0700 e. The number of ether oxygens (including phenoxy) is 2. The summed E-state index contributed by atoms with van der Waals surface area (Å²) in [7, 11) is 1.67. The molecule has 0 atom stereocenters. The smallest absolute Gasteiger partial charge is 0.0700 e. The number of rotatable bonds is 8. The Bertz CT molecular complexity index is 357. The molecule has 3 nitrogen and oxygen atoms in total. The third-order valence-corrected chi connectivity index (χ3v) is 2.26. The third-order valence-electron chi connectivity index (χ3n) is 2.26. The summed E-state index contributed by atoms with van der Waals surface area (Å²) in [6.07, 6.45) is 6.29. The van der Waals surface area contributed by atoms with Gasteiger partial charge >= 0.3 is 0 Å². The van der Waals surface area contributed by atoms with Crippen molar-refractivity contribution in [3.05, 3.63) is 29.8 Å². The van der Waals surface area contributed by atoms with Gasteiger partial charge in [-0.1, -0.05) is 12.0 Å². The average molecular weight is 233 g/mol. The van der Waals surface area contributed by atoms with Crippen LogP contribution in [0.25, 0.3) is 0 Å². The van der Waals surface area contributed by atoms with Crippen molar-refractivity contribution in [2.45, 2.75) is 6.42 Å². The summed E-state index contributed by atoms with van der Waals surface area (Å²) in [5.74, 6) is 2.61. The standard InChI is InChI=1S/C14H19NO2/c1-3-13-6-4-7-14(12-13)15-8-5-9-17-11-10-16-2/h1,4,6-7,12,15H,5,8-11H2,2H3. The van der Waals surface area contributed by atoms with Gasteiger partial charge in [0.15, 0.2) is 0 Å². The summed E-state index contributed by atoms with van der Waals surface area (Å²) < 4.78 is 10.2. The van der Waals surface area contributed by atoms with Gasteiger partial charge < -0.3 is 14.8 Å². The summed E-state index contributed by atoms with van der Waals surface area (Å²) in [5.41, 5.74) is 1.95. The predicted octanol–water partition coefficient (Wildman–Crippen LogP) is 2.13. The minimum Gasteiger partial charge on any atom is -0.385 e. The van der Waals surface area contributed by atoms with Crippen LogP contribution in [-0.2, 0) is 9.47 Å². The minimum atomic E-state index is 0.650. The molecular weight excluding hydrogens is 214 g/mol. The van der Waals surface area contributed by atoms with Crippen LogP contribution >= 0.6 is 0 Å². The molecule has 0 saturated heterocycles. The van der Waals surface area contributed by atoms with Gasteiger partial charge in [-0.3, -0.25) is 0 Å². The van der Waals surface area contributed by atoms with Crippen LogP contribution in [0.15, 0.2) is 24.3 Å². The molecule has 0 aliphatic heterocycles. The van der Waals surface area contributed by atoms with Crippen molar-refractivity contribution in [2.24, 2.45) is 0 Å². The predicted molar refractivity (Wildman–Crippen MR) is 70.2 cm³/mol. The summed E-state index contributed by atoms with van der Waals surface area (Å²) in [5, 5.41) is 3.30. The van der Waals surface area contributed by atoms with Crippen LogP contribution in [0.3, 0.4) is 0 Å². The number of hydrogen-bond acceptors (Lipinski definition) is 3. The Hall–Kier alpha value is -1.50. The topological polar surface area (TPSA) is 30.5 Å². The van der Waals surface area contributed by atoms with Crippen molar-refractivity contribution in [1.82, 2.24) is 0 Å². The largest absolute Gasteiger partial charge is 0.385 e.